The van der Waals surface area contributed by atoms with Crippen molar-refractivity contribution in [3.05, 3.63) is 12.2 Å². The lowest BCUT2D eigenvalue weighted by Crippen LogP contribution is -2.48. The second-order valence-electron chi connectivity index (χ2n) is 6.25. The molecule has 3 rings (SSSR count). The van der Waals surface area contributed by atoms with E-state index in [9.17, 15) is 19.1 Å². The van der Waals surface area contributed by atoms with Gasteiger partial charge in [0.1, 0.15) is 6.17 Å². The fourth-order valence-corrected chi connectivity index (χ4v) is 4.04. The molecule has 0 aromatic carbocycles. The molecule has 3 aliphatic rings. The Bertz CT molecular complexity index is 450. The number of carbonyl (C=O) groups is 2. The van der Waals surface area contributed by atoms with E-state index in [0.29, 0.717) is 12.8 Å². The third-order valence-corrected chi connectivity index (χ3v) is 5.06. The first-order valence-electron chi connectivity index (χ1n) is 7.43. The van der Waals surface area contributed by atoms with Crippen molar-refractivity contribution in [3.8, 4) is 0 Å². The first-order valence-corrected chi connectivity index (χ1v) is 7.43. The highest BCUT2D eigenvalue weighted by Crippen LogP contribution is 2.48. The Morgan fingerprint density at radius 1 is 1.10 bits per heavy atom. The molecule has 2 bridgehead atoms. The monoisotopic (exact) mass is 281 g/mol. The van der Waals surface area contributed by atoms with Crippen LogP contribution >= 0.6 is 0 Å². The van der Waals surface area contributed by atoms with E-state index in [1.165, 1.54) is 0 Å². The summed E-state index contributed by atoms with van der Waals surface area (Å²) in [6, 6.07) is -0.436. The van der Waals surface area contributed by atoms with Crippen molar-refractivity contribution in [1.29, 1.82) is 0 Å². The second kappa shape index (κ2) is 5.19. The number of nitrogens with one attached hydrogen (secondary N) is 1. The van der Waals surface area contributed by atoms with Crippen LogP contribution in [0.4, 0.5) is 4.39 Å². The third-order valence-electron chi connectivity index (χ3n) is 5.06. The number of rotatable bonds is 3. The summed E-state index contributed by atoms with van der Waals surface area (Å²) >= 11 is 0. The zero-order chi connectivity index (χ0) is 14.3. The molecule has 20 heavy (non-hydrogen) atoms. The molecular formula is C15H20FNO3. The van der Waals surface area contributed by atoms with Crippen LogP contribution in [-0.2, 0) is 9.59 Å². The second-order valence-corrected chi connectivity index (χ2v) is 6.25. The minimum absolute atomic E-state index is 0.00255. The number of allylic oxidation sites excluding steroid dienone is 2. The van der Waals surface area contributed by atoms with Gasteiger partial charge in [0.15, 0.2) is 0 Å². The topological polar surface area (TPSA) is 66.4 Å². The van der Waals surface area contributed by atoms with Crippen LogP contribution in [0, 0.1) is 23.7 Å². The van der Waals surface area contributed by atoms with Crippen LogP contribution in [-0.4, -0.2) is 29.2 Å². The maximum atomic E-state index is 13.8. The van der Waals surface area contributed by atoms with Crippen LogP contribution < -0.4 is 5.32 Å². The van der Waals surface area contributed by atoms with Gasteiger partial charge < -0.3 is 10.4 Å². The van der Waals surface area contributed by atoms with Gasteiger partial charge in [-0.25, -0.2) is 4.39 Å². The van der Waals surface area contributed by atoms with Crippen molar-refractivity contribution >= 4 is 11.9 Å². The molecule has 110 valence electrons. The first kappa shape index (κ1) is 13.6. The highest BCUT2D eigenvalue weighted by molar-refractivity contribution is 5.87. The van der Waals surface area contributed by atoms with Gasteiger partial charge in [-0.05, 0) is 31.1 Å². The summed E-state index contributed by atoms with van der Waals surface area (Å²) < 4.78 is 13.8. The molecule has 4 nitrogen and oxygen atoms in total. The van der Waals surface area contributed by atoms with Gasteiger partial charge in [0.05, 0.1) is 17.9 Å². The van der Waals surface area contributed by atoms with E-state index in [1.807, 2.05) is 12.2 Å². The molecule has 0 aromatic heterocycles. The molecule has 0 aliphatic heterocycles. The molecule has 4 unspecified atom stereocenters. The summed E-state index contributed by atoms with van der Waals surface area (Å²) in [5.41, 5.74) is 0. The van der Waals surface area contributed by atoms with Crippen LogP contribution in [0.3, 0.4) is 0 Å². The van der Waals surface area contributed by atoms with Crippen LogP contribution in [0.1, 0.15) is 32.1 Å². The Kier molecular flexibility index (Phi) is 3.52. The van der Waals surface area contributed by atoms with Gasteiger partial charge in [0.2, 0.25) is 5.91 Å². The number of carboxylic acids is 1. The zero-order valence-corrected chi connectivity index (χ0v) is 11.3. The lowest BCUT2D eigenvalue weighted by atomic mass is 9.82. The Balaban J connectivity index is 1.70. The van der Waals surface area contributed by atoms with Crippen LogP contribution in [0.5, 0.6) is 0 Å². The number of fused-ring (bicyclic) bond motifs is 2. The molecule has 0 heterocycles. The van der Waals surface area contributed by atoms with E-state index < -0.39 is 30.0 Å². The number of hydrogen-bond acceptors (Lipinski definition) is 2. The van der Waals surface area contributed by atoms with E-state index in [-0.39, 0.29) is 17.7 Å². The number of amides is 1. The quantitative estimate of drug-likeness (QED) is 0.777. The molecule has 2 fully saturated rings. The Morgan fingerprint density at radius 3 is 2.40 bits per heavy atom. The number of carboxylic acid groups (broad SMARTS) is 1. The number of carbonyl (C=O) groups excluding carboxylic acids is 1. The lowest BCUT2D eigenvalue weighted by Gasteiger charge is -2.30. The highest BCUT2D eigenvalue weighted by atomic mass is 19.1. The normalized spacial score (nSPS) is 42.6. The van der Waals surface area contributed by atoms with E-state index >= 15 is 0 Å². The van der Waals surface area contributed by atoms with Gasteiger partial charge in [0, 0.05) is 0 Å². The third kappa shape index (κ3) is 2.23. The minimum atomic E-state index is -0.995. The van der Waals surface area contributed by atoms with Crippen LogP contribution in [0.2, 0.25) is 0 Å². The van der Waals surface area contributed by atoms with Crippen molar-refractivity contribution in [2.45, 2.75) is 44.3 Å². The fraction of sp³-hybridized carbons (Fsp3) is 0.733. The molecule has 2 saturated carbocycles. The molecule has 0 spiro atoms. The van der Waals surface area contributed by atoms with Crippen molar-refractivity contribution in [2.24, 2.45) is 23.7 Å². The van der Waals surface area contributed by atoms with Crippen molar-refractivity contribution < 1.29 is 19.1 Å². The molecule has 1 amide bonds. The molecule has 3 aliphatic carbocycles. The molecular weight excluding hydrogens is 261 g/mol. The SMILES string of the molecule is O=C(NC1CCCCC1F)[C@@H]1C2C=CC(C2)[C@@H]1C(=O)O. The van der Waals surface area contributed by atoms with E-state index in [4.69, 9.17) is 0 Å². The molecule has 0 radical (unpaired) electrons. The Morgan fingerprint density at radius 2 is 1.75 bits per heavy atom. The Hall–Kier alpha value is -1.39. The maximum Gasteiger partial charge on any atom is 0.307 e. The Labute approximate surface area is 117 Å². The standard InChI is InChI=1S/C15H20FNO3/c16-10-3-1-2-4-11(10)17-14(18)12-8-5-6-9(7-8)13(12)15(19)20/h5-6,8-13H,1-4,7H2,(H,17,18)(H,19,20)/t8?,9?,10?,11?,12-,13+/m1/s1. The van der Waals surface area contributed by atoms with E-state index in [0.717, 1.165) is 19.3 Å². The summed E-state index contributed by atoms with van der Waals surface area (Å²) in [5.74, 6) is -2.40. The van der Waals surface area contributed by atoms with Crippen molar-refractivity contribution in [2.75, 3.05) is 0 Å². The number of aliphatic carboxylic acids is 1. The van der Waals surface area contributed by atoms with Gasteiger partial charge in [-0.15, -0.1) is 0 Å². The van der Waals surface area contributed by atoms with E-state index in [1.54, 1.807) is 0 Å². The van der Waals surface area contributed by atoms with Crippen LogP contribution in [0.15, 0.2) is 12.2 Å². The number of alkyl halides is 1. The lowest BCUT2D eigenvalue weighted by molar-refractivity contribution is -0.148. The molecule has 5 heteroatoms. The van der Waals surface area contributed by atoms with Crippen molar-refractivity contribution in [3.63, 3.8) is 0 Å². The van der Waals surface area contributed by atoms with Gasteiger partial charge in [0.25, 0.3) is 0 Å². The molecule has 2 N–H and O–H groups in total. The predicted molar refractivity (Wildman–Crippen MR) is 70.6 cm³/mol. The van der Waals surface area contributed by atoms with Crippen LogP contribution in [0.25, 0.3) is 0 Å². The fourth-order valence-electron chi connectivity index (χ4n) is 4.04. The van der Waals surface area contributed by atoms with Gasteiger partial charge in [-0.3, -0.25) is 9.59 Å². The summed E-state index contributed by atoms with van der Waals surface area (Å²) in [7, 11) is 0. The van der Waals surface area contributed by atoms with E-state index in [2.05, 4.69) is 5.32 Å². The smallest absolute Gasteiger partial charge is 0.307 e. The first-order chi connectivity index (χ1) is 9.58. The van der Waals surface area contributed by atoms with Gasteiger partial charge in [-0.1, -0.05) is 25.0 Å². The summed E-state index contributed by atoms with van der Waals surface area (Å²) in [4.78, 5) is 23.8. The number of halogens is 1. The maximum absolute atomic E-state index is 13.8. The van der Waals surface area contributed by atoms with Gasteiger partial charge in [-0.2, -0.15) is 0 Å². The molecule has 0 aromatic rings. The van der Waals surface area contributed by atoms with Gasteiger partial charge >= 0.3 is 5.97 Å². The summed E-state index contributed by atoms with van der Waals surface area (Å²) in [6.45, 7) is 0. The zero-order valence-electron chi connectivity index (χ0n) is 11.3. The number of hydrogen-bond donors (Lipinski definition) is 2. The molecule has 6 atom stereocenters. The average molecular weight is 281 g/mol. The highest BCUT2D eigenvalue weighted by Gasteiger charge is 2.52. The summed E-state index contributed by atoms with van der Waals surface area (Å²) in [6.07, 6.45) is 6.52. The van der Waals surface area contributed by atoms with Crippen molar-refractivity contribution in [1.82, 2.24) is 5.32 Å². The summed E-state index contributed by atoms with van der Waals surface area (Å²) in [5, 5.41) is 12.1. The average Bonchev–Trinajstić information content (AvgIpc) is 3.01. The predicted octanol–water partition coefficient (Wildman–Crippen LogP) is 1.91. The molecule has 0 saturated heterocycles. The largest absolute Gasteiger partial charge is 0.481 e. The minimum Gasteiger partial charge on any atom is -0.481 e.